The van der Waals surface area contributed by atoms with Gasteiger partial charge in [0.1, 0.15) is 23.2 Å². The maximum atomic E-state index is 14.1. The summed E-state index contributed by atoms with van der Waals surface area (Å²) in [6.07, 6.45) is -4.16. The molecule has 47 heavy (non-hydrogen) atoms. The molecule has 8 atom stereocenters. The van der Waals surface area contributed by atoms with Gasteiger partial charge in [0.05, 0.1) is 35.5 Å². The lowest BCUT2D eigenvalue weighted by Gasteiger charge is -2.43. The lowest BCUT2D eigenvalue weighted by atomic mass is 9.72. The van der Waals surface area contributed by atoms with Gasteiger partial charge in [-0.1, -0.05) is 12.1 Å². The first-order valence-electron chi connectivity index (χ1n) is 15.9. The summed E-state index contributed by atoms with van der Waals surface area (Å²) >= 11 is 0. The van der Waals surface area contributed by atoms with E-state index >= 15 is 0 Å². The number of anilines is 1. The monoisotopic (exact) mass is 653 g/mol. The Kier molecular flexibility index (Phi) is 8.12. The van der Waals surface area contributed by atoms with Crippen molar-refractivity contribution in [2.75, 3.05) is 38.7 Å². The number of phenolic OH excluding ortho intramolecular Hbond substituents is 2. The molecule has 0 bridgehead atoms. The highest BCUT2D eigenvalue weighted by Gasteiger charge is 2.55. The van der Waals surface area contributed by atoms with Gasteiger partial charge in [0, 0.05) is 74.4 Å². The number of aromatic hydroxyl groups is 2. The van der Waals surface area contributed by atoms with E-state index < -0.39 is 71.9 Å². The minimum atomic E-state index is -1.99. The number of hydrogen-bond acceptors (Lipinski definition) is 14. The summed E-state index contributed by atoms with van der Waals surface area (Å²) in [7, 11) is 1.55. The SMILES string of the molecule is CO[C@H]1OCCN2C1O[C@@H]1[C@H](C)O[C@@H](O[C@H]3C[C@](O)(C(C)=O)Cc4c(O)c5c(c(O)c43)C(=O)c3c(NCCN)cccc3C5=O)C[C@@H]12. The van der Waals surface area contributed by atoms with Crippen molar-refractivity contribution in [2.45, 2.75) is 81.9 Å². The molecule has 14 heteroatoms. The molecule has 3 heterocycles. The predicted octanol–water partition coefficient (Wildman–Crippen LogP) is 1.10. The Hall–Kier alpha value is -3.47. The number of carbonyl (C=O) groups excluding carboxylic acids is 3. The molecule has 0 saturated carbocycles. The van der Waals surface area contributed by atoms with Crippen LogP contribution >= 0.6 is 0 Å². The molecule has 2 aliphatic carbocycles. The van der Waals surface area contributed by atoms with E-state index in [2.05, 4.69) is 10.2 Å². The molecule has 0 radical (unpaired) electrons. The van der Waals surface area contributed by atoms with Crippen LogP contribution in [0.25, 0.3) is 0 Å². The number of nitrogens with zero attached hydrogens (tertiary/aromatic N) is 1. The van der Waals surface area contributed by atoms with Crippen molar-refractivity contribution >= 4 is 23.0 Å². The number of ketones is 3. The molecular weight excluding hydrogens is 614 g/mol. The highest BCUT2D eigenvalue weighted by atomic mass is 16.7. The number of nitrogens with one attached hydrogen (secondary N) is 1. The minimum absolute atomic E-state index is 0.0221. The van der Waals surface area contributed by atoms with Crippen LogP contribution in [0, 0.1) is 0 Å². The Balaban J connectivity index is 1.28. The molecule has 3 saturated heterocycles. The smallest absolute Gasteiger partial charge is 0.200 e. The fraction of sp³-hybridized carbons (Fsp3) is 0.545. The molecule has 1 unspecified atom stereocenters. The molecule has 252 valence electrons. The van der Waals surface area contributed by atoms with Crippen LogP contribution in [0.2, 0.25) is 0 Å². The maximum Gasteiger partial charge on any atom is 0.200 e. The molecule has 3 fully saturated rings. The Labute approximate surface area is 270 Å². The van der Waals surface area contributed by atoms with Crippen molar-refractivity contribution in [3.8, 4) is 11.5 Å². The molecule has 0 spiro atoms. The van der Waals surface area contributed by atoms with Gasteiger partial charge in [-0.25, -0.2) is 0 Å². The van der Waals surface area contributed by atoms with E-state index in [0.717, 1.165) is 0 Å². The number of benzene rings is 2. The molecule has 0 amide bonds. The van der Waals surface area contributed by atoms with E-state index in [0.29, 0.717) is 31.8 Å². The molecule has 7 rings (SSSR count). The summed E-state index contributed by atoms with van der Waals surface area (Å²) in [6, 6.07) is 4.57. The highest BCUT2D eigenvalue weighted by molar-refractivity contribution is 6.32. The maximum absolute atomic E-state index is 14.1. The number of Topliss-reactive ketones (excluding diaryl/α,β-unsaturated/α-hetero) is 1. The van der Waals surface area contributed by atoms with Crippen molar-refractivity contribution in [1.29, 1.82) is 0 Å². The van der Waals surface area contributed by atoms with Crippen molar-refractivity contribution in [3.63, 3.8) is 0 Å². The third-order valence-electron chi connectivity index (χ3n) is 10.1. The van der Waals surface area contributed by atoms with Gasteiger partial charge in [0.2, 0.25) is 0 Å². The van der Waals surface area contributed by atoms with Crippen molar-refractivity contribution in [2.24, 2.45) is 5.73 Å². The summed E-state index contributed by atoms with van der Waals surface area (Å²) in [5, 5.41) is 38.1. The fourth-order valence-corrected chi connectivity index (χ4v) is 7.81. The first kappa shape index (κ1) is 32.1. The van der Waals surface area contributed by atoms with Gasteiger partial charge in [0.15, 0.2) is 36.2 Å². The van der Waals surface area contributed by atoms with E-state index in [9.17, 15) is 29.7 Å². The summed E-state index contributed by atoms with van der Waals surface area (Å²) < 4.78 is 30.2. The first-order valence-corrected chi connectivity index (χ1v) is 15.9. The largest absolute Gasteiger partial charge is 0.507 e. The van der Waals surface area contributed by atoms with Gasteiger partial charge >= 0.3 is 0 Å². The van der Waals surface area contributed by atoms with Crippen LogP contribution < -0.4 is 11.1 Å². The minimum Gasteiger partial charge on any atom is -0.507 e. The molecule has 14 nitrogen and oxygen atoms in total. The van der Waals surface area contributed by atoms with Crippen LogP contribution in [0.3, 0.4) is 0 Å². The van der Waals surface area contributed by atoms with Gasteiger partial charge in [-0.15, -0.1) is 0 Å². The normalized spacial score (nSPS) is 33.0. The number of hydrogen-bond donors (Lipinski definition) is 5. The quantitative estimate of drug-likeness (QED) is 0.227. The number of morpholine rings is 1. The Bertz CT molecular complexity index is 1650. The second kappa shape index (κ2) is 11.9. The van der Waals surface area contributed by atoms with E-state index in [4.69, 9.17) is 29.4 Å². The van der Waals surface area contributed by atoms with Crippen LogP contribution in [0.1, 0.15) is 75.8 Å². The summed E-state index contributed by atoms with van der Waals surface area (Å²) in [4.78, 5) is 42.9. The van der Waals surface area contributed by atoms with Crippen molar-refractivity contribution in [3.05, 3.63) is 51.6 Å². The van der Waals surface area contributed by atoms with Crippen LogP contribution in [-0.4, -0.2) is 114 Å². The van der Waals surface area contributed by atoms with Gasteiger partial charge in [-0.3, -0.25) is 19.3 Å². The number of phenols is 2. The van der Waals surface area contributed by atoms with Crippen LogP contribution in [0.4, 0.5) is 5.69 Å². The molecule has 2 aromatic carbocycles. The summed E-state index contributed by atoms with van der Waals surface area (Å²) in [5.41, 5.74) is 3.34. The van der Waals surface area contributed by atoms with Gasteiger partial charge in [-0.05, 0) is 19.9 Å². The van der Waals surface area contributed by atoms with Crippen molar-refractivity contribution in [1.82, 2.24) is 4.90 Å². The third-order valence-corrected chi connectivity index (χ3v) is 10.1. The second-order valence-corrected chi connectivity index (χ2v) is 12.8. The Morgan fingerprint density at radius 2 is 1.91 bits per heavy atom. The van der Waals surface area contributed by atoms with Gasteiger partial charge in [-0.2, -0.15) is 0 Å². The number of rotatable bonds is 7. The topological polar surface area (TPSA) is 199 Å². The van der Waals surface area contributed by atoms with Crippen LogP contribution in [0.5, 0.6) is 11.5 Å². The number of aliphatic hydroxyl groups is 1. The second-order valence-electron chi connectivity index (χ2n) is 12.8. The van der Waals surface area contributed by atoms with Gasteiger partial charge in [0.25, 0.3) is 0 Å². The zero-order valence-electron chi connectivity index (χ0n) is 26.4. The van der Waals surface area contributed by atoms with E-state index in [-0.39, 0.29) is 58.5 Å². The summed E-state index contributed by atoms with van der Waals surface area (Å²) in [5.74, 6) is -3.07. The molecule has 0 aromatic heterocycles. The molecular formula is C33H39N3O11. The number of fused-ring (bicyclic) bond motifs is 6. The Morgan fingerprint density at radius 1 is 1.15 bits per heavy atom. The average molecular weight is 654 g/mol. The van der Waals surface area contributed by atoms with E-state index in [1.165, 1.54) is 13.0 Å². The number of nitrogens with two attached hydrogens (primary N) is 1. The standard InChI is InChI=1S/C33H39N3O11/c1-14-30-19(36-9-10-44-32(43-3)31(36)47-30)11-21(45-14)46-20-13-33(42,15(2)37)12-17-23(20)29(41)25-24(27(17)39)26(38)16-5-4-6-18(35-8-7-34)22(16)28(25)40/h4-6,14,19-21,30-32,35,39,41-42H,7-13,34H2,1-3H3/t14-,19-,20-,21-,30+,31?,32-,33-/m0/s1. The van der Waals surface area contributed by atoms with E-state index in [1.54, 1.807) is 19.2 Å². The average Bonchev–Trinajstić information content (AvgIpc) is 3.43. The van der Waals surface area contributed by atoms with Crippen LogP contribution in [0.15, 0.2) is 18.2 Å². The third kappa shape index (κ3) is 4.97. The Morgan fingerprint density at radius 3 is 2.64 bits per heavy atom. The highest BCUT2D eigenvalue weighted by Crippen LogP contribution is 2.53. The number of methoxy groups -OCH3 is 1. The molecule has 2 aromatic rings. The van der Waals surface area contributed by atoms with Gasteiger partial charge < -0.3 is 50.1 Å². The zero-order chi connectivity index (χ0) is 33.4. The van der Waals surface area contributed by atoms with E-state index in [1.807, 2.05) is 6.92 Å². The zero-order valence-corrected chi connectivity index (χ0v) is 26.4. The van der Waals surface area contributed by atoms with Crippen molar-refractivity contribution < 1.29 is 53.4 Å². The number of carbonyl (C=O) groups is 3. The lowest BCUT2D eigenvalue weighted by Crippen LogP contribution is -2.55. The summed E-state index contributed by atoms with van der Waals surface area (Å²) in [6.45, 7) is 4.73. The predicted molar refractivity (Wildman–Crippen MR) is 163 cm³/mol. The molecule has 3 aliphatic heterocycles. The fourth-order valence-electron chi connectivity index (χ4n) is 7.81. The first-order chi connectivity index (χ1) is 22.5. The van der Waals surface area contributed by atoms with Crippen LogP contribution in [-0.2, 0) is 34.9 Å². The molecule has 6 N–H and O–H groups in total. The number of ether oxygens (including phenoxy) is 5. The lowest BCUT2D eigenvalue weighted by molar-refractivity contribution is -0.256. The molecule has 5 aliphatic rings.